The molecule has 0 fully saturated rings. The Balaban J connectivity index is 1.91. The van der Waals surface area contributed by atoms with E-state index in [0.29, 0.717) is 16.5 Å². The normalized spacial score (nSPS) is 11.1. The van der Waals surface area contributed by atoms with E-state index in [4.69, 9.17) is 13.9 Å². The molecular weight excluding hydrogens is 363 g/mol. The minimum Gasteiger partial charge on any atom is -0.494 e. The molecule has 0 aliphatic rings. The molecule has 0 saturated heterocycles. The van der Waals surface area contributed by atoms with Crippen molar-refractivity contribution in [3.8, 4) is 5.75 Å². The Morgan fingerprint density at radius 1 is 1.18 bits per heavy atom. The maximum atomic E-state index is 13.8. The third-order valence-corrected chi connectivity index (χ3v) is 4.59. The van der Waals surface area contributed by atoms with Crippen LogP contribution >= 0.6 is 0 Å². The molecule has 0 radical (unpaired) electrons. The molecule has 1 aromatic heterocycles. The van der Waals surface area contributed by atoms with Crippen LogP contribution in [0.3, 0.4) is 0 Å². The van der Waals surface area contributed by atoms with Crippen molar-refractivity contribution in [1.29, 1.82) is 0 Å². The number of hydrogen-bond donors (Lipinski definition) is 0. The summed E-state index contributed by atoms with van der Waals surface area (Å²) in [6.07, 6.45) is 0. The van der Waals surface area contributed by atoms with Crippen molar-refractivity contribution in [2.75, 3.05) is 7.11 Å². The second kappa shape index (κ2) is 7.84. The predicted octanol–water partition coefficient (Wildman–Crippen LogP) is 4.73. The lowest BCUT2D eigenvalue weighted by Crippen LogP contribution is -2.09. The van der Waals surface area contributed by atoms with Crippen molar-refractivity contribution in [2.45, 2.75) is 33.3 Å². The highest BCUT2D eigenvalue weighted by atomic mass is 19.1. The predicted molar refractivity (Wildman–Crippen MR) is 103 cm³/mol. The van der Waals surface area contributed by atoms with Gasteiger partial charge in [0.05, 0.1) is 12.7 Å². The second-order valence-corrected chi connectivity index (χ2v) is 6.88. The van der Waals surface area contributed by atoms with E-state index in [2.05, 4.69) is 13.8 Å². The molecule has 0 aliphatic heterocycles. The fourth-order valence-corrected chi connectivity index (χ4v) is 3.15. The Kier molecular flexibility index (Phi) is 5.49. The number of carbonyl (C=O) groups is 1. The highest BCUT2D eigenvalue weighted by Gasteiger charge is 2.15. The fraction of sp³-hybridized carbons (Fsp3) is 0.273. The Morgan fingerprint density at radius 2 is 1.93 bits per heavy atom. The number of halogens is 1. The van der Waals surface area contributed by atoms with Crippen molar-refractivity contribution in [1.82, 2.24) is 0 Å². The first-order valence-corrected chi connectivity index (χ1v) is 8.88. The molecule has 0 aliphatic carbocycles. The SMILES string of the molecule is COc1ccc(C(=O)OCc2cc(=O)oc3cc(C)c(C(C)C)cc23)cc1F. The number of hydrogen-bond acceptors (Lipinski definition) is 5. The molecule has 0 saturated carbocycles. The molecule has 3 rings (SSSR count). The number of esters is 1. The van der Waals surface area contributed by atoms with E-state index < -0.39 is 17.4 Å². The lowest BCUT2D eigenvalue weighted by Gasteiger charge is -2.13. The standard InChI is InChI=1S/C22H21FO5/c1-12(2)16-10-17-15(9-21(24)28-20(17)7-13(16)3)11-27-22(25)14-5-6-19(26-4)18(23)8-14/h5-10,12H,11H2,1-4H3. The zero-order valence-corrected chi connectivity index (χ0v) is 16.2. The van der Waals surface area contributed by atoms with Crippen LogP contribution in [-0.4, -0.2) is 13.1 Å². The zero-order valence-electron chi connectivity index (χ0n) is 16.2. The number of rotatable bonds is 5. The third-order valence-electron chi connectivity index (χ3n) is 4.59. The summed E-state index contributed by atoms with van der Waals surface area (Å²) in [7, 11) is 1.34. The molecule has 0 atom stereocenters. The van der Waals surface area contributed by atoms with E-state index in [0.717, 1.165) is 17.2 Å². The minimum atomic E-state index is -0.695. The van der Waals surface area contributed by atoms with Crippen LogP contribution < -0.4 is 10.4 Å². The van der Waals surface area contributed by atoms with E-state index >= 15 is 0 Å². The van der Waals surface area contributed by atoms with Crippen LogP contribution in [-0.2, 0) is 11.3 Å². The van der Waals surface area contributed by atoms with Gasteiger partial charge < -0.3 is 13.9 Å². The van der Waals surface area contributed by atoms with Crippen LogP contribution in [0.2, 0.25) is 0 Å². The Labute approximate surface area is 161 Å². The van der Waals surface area contributed by atoms with Crippen LogP contribution in [0, 0.1) is 12.7 Å². The van der Waals surface area contributed by atoms with Crippen molar-refractivity contribution in [3.63, 3.8) is 0 Å². The summed E-state index contributed by atoms with van der Waals surface area (Å²) in [6, 6.07) is 8.91. The van der Waals surface area contributed by atoms with Crippen molar-refractivity contribution < 1.29 is 23.1 Å². The number of aryl methyl sites for hydroxylation is 1. The van der Waals surface area contributed by atoms with E-state index in [-0.39, 0.29) is 23.8 Å². The monoisotopic (exact) mass is 384 g/mol. The molecule has 5 nitrogen and oxygen atoms in total. The summed E-state index contributed by atoms with van der Waals surface area (Å²) in [5.74, 6) is -1.02. The third kappa shape index (κ3) is 3.91. The van der Waals surface area contributed by atoms with Crippen LogP contribution in [0.1, 0.15) is 46.8 Å². The summed E-state index contributed by atoms with van der Waals surface area (Å²) in [6.45, 7) is 5.98. The van der Waals surface area contributed by atoms with Gasteiger partial charge in [-0.1, -0.05) is 13.8 Å². The van der Waals surface area contributed by atoms with E-state index in [9.17, 15) is 14.0 Å². The maximum absolute atomic E-state index is 13.8. The smallest absolute Gasteiger partial charge is 0.338 e. The molecule has 0 N–H and O–H groups in total. The lowest BCUT2D eigenvalue weighted by molar-refractivity contribution is 0.0473. The Bertz CT molecular complexity index is 1100. The van der Waals surface area contributed by atoms with Gasteiger partial charge in [0, 0.05) is 17.0 Å². The van der Waals surface area contributed by atoms with E-state index in [1.54, 1.807) is 0 Å². The number of fused-ring (bicyclic) bond motifs is 1. The summed E-state index contributed by atoms with van der Waals surface area (Å²) in [5.41, 5.74) is 2.65. The molecule has 0 bridgehead atoms. The van der Waals surface area contributed by atoms with Gasteiger partial charge in [-0.3, -0.25) is 0 Å². The Hall–Kier alpha value is -3.15. The van der Waals surface area contributed by atoms with Gasteiger partial charge in [0.2, 0.25) is 0 Å². The number of benzene rings is 2. The molecule has 146 valence electrons. The first-order valence-electron chi connectivity index (χ1n) is 8.88. The van der Waals surface area contributed by atoms with Crippen LogP contribution in [0.25, 0.3) is 11.0 Å². The maximum Gasteiger partial charge on any atom is 0.338 e. The van der Waals surface area contributed by atoms with Gasteiger partial charge in [-0.25, -0.2) is 14.0 Å². The molecule has 28 heavy (non-hydrogen) atoms. The van der Waals surface area contributed by atoms with Gasteiger partial charge in [-0.05, 0) is 54.3 Å². The quantitative estimate of drug-likeness (QED) is 0.470. The molecule has 2 aromatic carbocycles. The van der Waals surface area contributed by atoms with Gasteiger partial charge in [0.25, 0.3) is 0 Å². The van der Waals surface area contributed by atoms with Gasteiger partial charge in [0.1, 0.15) is 12.2 Å². The van der Waals surface area contributed by atoms with Crippen LogP contribution in [0.4, 0.5) is 4.39 Å². The van der Waals surface area contributed by atoms with Crippen LogP contribution in [0.15, 0.2) is 45.6 Å². The van der Waals surface area contributed by atoms with Crippen molar-refractivity contribution in [2.24, 2.45) is 0 Å². The minimum absolute atomic E-state index is 0.0415. The average Bonchev–Trinajstić information content (AvgIpc) is 2.64. The van der Waals surface area contributed by atoms with E-state index in [1.165, 1.54) is 25.3 Å². The zero-order chi connectivity index (χ0) is 20.4. The number of carbonyl (C=O) groups excluding carboxylic acids is 1. The first-order chi connectivity index (χ1) is 13.3. The van der Waals surface area contributed by atoms with Gasteiger partial charge >= 0.3 is 11.6 Å². The average molecular weight is 384 g/mol. The molecule has 0 amide bonds. The highest BCUT2D eigenvalue weighted by Crippen LogP contribution is 2.27. The molecule has 0 spiro atoms. The van der Waals surface area contributed by atoms with Crippen molar-refractivity contribution in [3.05, 3.63) is 74.9 Å². The first kappa shape index (κ1) is 19.6. The summed E-state index contributed by atoms with van der Waals surface area (Å²) in [5, 5.41) is 0.711. The molecule has 0 unspecified atom stereocenters. The molecular formula is C22H21FO5. The summed E-state index contributed by atoms with van der Waals surface area (Å²) >= 11 is 0. The topological polar surface area (TPSA) is 65.7 Å². The largest absolute Gasteiger partial charge is 0.494 e. The Morgan fingerprint density at radius 3 is 2.57 bits per heavy atom. The molecule has 6 heteroatoms. The highest BCUT2D eigenvalue weighted by molar-refractivity contribution is 5.90. The van der Waals surface area contributed by atoms with Gasteiger partial charge in [-0.15, -0.1) is 0 Å². The summed E-state index contributed by atoms with van der Waals surface area (Å²) in [4.78, 5) is 24.2. The van der Waals surface area contributed by atoms with Gasteiger partial charge in [-0.2, -0.15) is 0 Å². The molecule has 1 heterocycles. The fourth-order valence-electron chi connectivity index (χ4n) is 3.15. The second-order valence-electron chi connectivity index (χ2n) is 6.88. The summed E-state index contributed by atoms with van der Waals surface area (Å²) < 4.78 is 29.2. The van der Waals surface area contributed by atoms with Crippen LogP contribution in [0.5, 0.6) is 5.75 Å². The molecule has 3 aromatic rings. The van der Waals surface area contributed by atoms with Gasteiger partial charge in [0.15, 0.2) is 11.6 Å². The lowest BCUT2D eigenvalue weighted by atomic mass is 9.95. The number of methoxy groups -OCH3 is 1. The van der Waals surface area contributed by atoms with Crippen molar-refractivity contribution >= 4 is 16.9 Å². The van der Waals surface area contributed by atoms with E-state index in [1.807, 2.05) is 19.1 Å². The number of ether oxygens (including phenoxy) is 2.